The fraction of sp³-hybridized carbons (Fsp3) is 0.231. The number of benzene rings is 1. The number of thioether (sulfide) groups is 1. The number of hydrogen-bond acceptors (Lipinski definition) is 3. The molecule has 4 nitrogen and oxygen atoms in total. The minimum absolute atomic E-state index is 0.0232. The fourth-order valence-electron chi connectivity index (χ4n) is 1.74. The predicted molar refractivity (Wildman–Crippen MR) is 76.3 cm³/mol. The topological polar surface area (TPSA) is 55.1 Å². The van der Waals surface area contributed by atoms with Gasteiger partial charge in [-0.3, -0.25) is 9.36 Å². The second-order valence-corrected chi connectivity index (χ2v) is 5.20. The lowest BCUT2D eigenvalue weighted by Gasteiger charge is -2.11. The monoisotopic (exact) mass is 296 g/mol. The smallest absolute Gasteiger partial charge is 0.313 e. The molecule has 0 saturated carbocycles. The number of hydrogen-bond donors (Lipinski definition) is 1. The first-order valence-electron chi connectivity index (χ1n) is 5.79. The third kappa shape index (κ3) is 3.11. The third-order valence-corrected chi connectivity index (χ3v) is 3.84. The van der Waals surface area contributed by atoms with Gasteiger partial charge in [0.25, 0.3) is 0 Å². The molecule has 1 heterocycles. The van der Waals surface area contributed by atoms with Crippen LogP contribution in [0.2, 0.25) is 5.02 Å². The Kier molecular flexibility index (Phi) is 4.50. The maximum absolute atomic E-state index is 10.7. The molecule has 0 aliphatic carbocycles. The van der Waals surface area contributed by atoms with Crippen LogP contribution in [0, 0.1) is 0 Å². The zero-order valence-corrected chi connectivity index (χ0v) is 11.9. The Morgan fingerprint density at radius 1 is 1.47 bits per heavy atom. The lowest BCUT2D eigenvalue weighted by Crippen LogP contribution is -2.04. The average molecular weight is 297 g/mol. The van der Waals surface area contributed by atoms with E-state index in [1.165, 1.54) is 11.8 Å². The molecule has 0 aliphatic heterocycles. The van der Waals surface area contributed by atoms with E-state index in [0.29, 0.717) is 10.2 Å². The maximum atomic E-state index is 10.7. The molecule has 0 unspecified atom stereocenters. The van der Waals surface area contributed by atoms with Crippen LogP contribution < -0.4 is 0 Å². The Bertz CT molecular complexity index is 598. The molecule has 2 rings (SSSR count). The van der Waals surface area contributed by atoms with E-state index >= 15 is 0 Å². The van der Waals surface area contributed by atoms with E-state index in [-0.39, 0.29) is 5.75 Å². The average Bonchev–Trinajstić information content (AvgIpc) is 2.79. The predicted octanol–water partition coefficient (Wildman–Crippen LogP) is 3.26. The van der Waals surface area contributed by atoms with Crippen molar-refractivity contribution in [3.63, 3.8) is 0 Å². The summed E-state index contributed by atoms with van der Waals surface area (Å²) in [5.74, 6) is -0.887. The Labute approximate surface area is 120 Å². The number of rotatable bonds is 5. The Balaban J connectivity index is 2.45. The Morgan fingerprint density at radius 2 is 2.21 bits per heavy atom. The second-order valence-electron chi connectivity index (χ2n) is 3.85. The molecule has 0 radical (unpaired) electrons. The molecule has 0 fully saturated rings. The van der Waals surface area contributed by atoms with Crippen LogP contribution in [0.25, 0.3) is 5.69 Å². The van der Waals surface area contributed by atoms with Gasteiger partial charge in [0.2, 0.25) is 0 Å². The summed E-state index contributed by atoms with van der Waals surface area (Å²) in [6, 6.07) is 7.46. The van der Waals surface area contributed by atoms with Crippen molar-refractivity contribution in [2.45, 2.75) is 18.5 Å². The molecule has 6 heteroatoms. The molecule has 1 aromatic carbocycles. The first-order chi connectivity index (χ1) is 9.13. The van der Waals surface area contributed by atoms with Gasteiger partial charge in [-0.2, -0.15) is 0 Å². The Morgan fingerprint density at radius 3 is 2.84 bits per heavy atom. The van der Waals surface area contributed by atoms with Crippen molar-refractivity contribution in [3.8, 4) is 5.69 Å². The van der Waals surface area contributed by atoms with Gasteiger partial charge in [-0.1, -0.05) is 42.4 Å². The highest BCUT2D eigenvalue weighted by Crippen LogP contribution is 2.28. The lowest BCUT2D eigenvalue weighted by atomic mass is 10.3. The van der Waals surface area contributed by atoms with Crippen molar-refractivity contribution in [2.24, 2.45) is 0 Å². The molecular formula is C13H13ClN2O2S. The van der Waals surface area contributed by atoms with Gasteiger partial charge in [0.05, 0.1) is 16.5 Å². The first kappa shape index (κ1) is 14.0. The van der Waals surface area contributed by atoms with Crippen LogP contribution in [-0.4, -0.2) is 26.4 Å². The quantitative estimate of drug-likeness (QED) is 0.861. The van der Waals surface area contributed by atoms with Gasteiger partial charge in [0, 0.05) is 11.9 Å². The van der Waals surface area contributed by atoms with Crippen LogP contribution in [0.1, 0.15) is 12.6 Å². The minimum atomic E-state index is -0.864. The van der Waals surface area contributed by atoms with Crippen LogP contribution in [0.3, 0.4) is 0 Å². The molecule has 0 aliphatic rings. The van der Waals surface area contributed by atoms with Crippen LogP contribution >= 0.6 is 23.4 Å². The van der Waals surface area contributed by atoms with Gasteiger partial charge in [-0.25, -0.2) is 4.98 Å². The Hall–Kier alpha value is -1.46. The summed E-state index contributed by atoms with van der Waals surface area (Å²) in [4.78, 5) is 15.0. The van der Waals surface area contributed by atoms with Crippen molar-refractivity contribution >= 4 is 29.3 Å². The van der Waals surface area contributed by atoms with Gasteiger partial charge in [0.15, 0.2) is 5.16 Å². The molecule has 0 amide bonds. The number of aryl methyl sites for hydroxylation is 1. The molecular weight excluding hydrogens is 284 g/mol. The van der Waals surface area contributed by atoms with Crippen LogP contribution in [0.15, 0.2) is 35.6 Å². The van der Waals surface area contributed by atoms with E-state index in [1.54, 1.807) is 6.20 Å². The van der Waals surface area contributed by atoms with Crippen molar-refractivity contribution < 1.29 is 9.90 Å². The second kappa shape index (κ2) is 6.12. The number of imidazole rings is 1. The van der Waals surface area contributed by atoms with E-state index in [0.717, 1.165) is 17.8 Å². The van der Waals surface area contributed by atoms with Crippen molar-refractivity contribution in [1.82, 2.24) is 9.55 Å². The molecule has 19 heavy (non-hydrogen) atoms. The number of aliphatic carboxylic acids is 1. The number of nitrogens with zero attached hydrogens (tertiary/aromatic N) is 2. The van der Waals surface area contributed by atoms with Crippen LogP contribution in [0.4, 0.5) is 0 Å². The number of halogens is 1. The highest BCUT2D eigenvalue weighted by Gasteiger charge is 2.14. The van der Waals surface area contributed by atoms with Crippen LogP contribution in [0.5, 0.6) is 0 Å². The number of carbonyl (C=O) groups is 1. The molecule has 1 aromatic heterocycles. The maximum Gasteiger partial charge on any atom is 0.313 e. The number of carboxylic acids is 1. The molecule has 2 aromatic rings. The molecule has 0 spiro atoms. The lowest BCUT2D eigenvalue weighted by molar-refractivity contribution is -0.133. The summed E-state index contributed by atoms with van der Waals surface area (Å²) in [5, 5.41) is 10.0. The normalized spacial score (nSPS) is 10.6. The zero-order chi connectivity index (χ0) is 13.8. The number of carboxylic acid groups (broad SMARTS) is 1. The van der Waals surface area contributed by atoms with Gasteiger partial charge in [-0.15, -0.1) is 0 Å². The van der Waals surface area contributed by atoms with Gasteiger partial charge in [0.1, 0.15) is 0 Å². The standard InChI is InChI=1S/C13H13ClN2O2S/c1-2-9-7-15-13(19-8-12(17)18)16(9)11-6-4-3-5-10(11)14/h3-7H,2,8H2,1H3,(H,17,18). The van der Waals surface area contributed by atoms with Crippen molar-refractivity contribution in [2.75, 3.05) is 5.75 Å². The van der Waals surface area contributed by atoms with Crippen molar-refractivity contribution in [1.29, 1.82) is 0 Å². The first-order valence-corrected chi connectivity index (χ1v) is 7.16. The number of aromatic nitrogens is 2. The van der Waals surface area contributed by atoms with E-state index in [4.69, 9.17) is 16.7 Å². The highest BCUT2D eigenvalue weighted by molar-refractivity contribution is 7.99. The number of para-hydroxylation sites is 1. The van der Waals surface area contributed by atoms with Crippen molar-refractivity contribution in [3.05, 3.63) is 41.2 Å². The summed E-state index contributed by atoms with van der Waals surface area (Å²) in [6.45, 7) is 2.02. The van der Waals surface area contributed by atoms with Crippen LogP contribution in [-0.2, 0) is 11.2 Å². The summed E-state index contributed by atoms with van der Waals surface area (Å²) in [5.41, 5.74) is 1.83. The molecule has 100 valence electrons. The van der Waals surface area contributed by atoms with Gasteiger partial charge < -0.3 is 5.11 Å². The molecule has 1 N–H and O–H groups in total. The van der Waals surface area contributed by atoms with E-state index in [2.05, 4.69) is 4.98 Å². The highest BCUT2D eigenvalue weighted by atomic mass is 35.5. The summed E-state index contributed by atoms with van der Waals surface area (Å²) in [6.07, 6.45) is 2.55. The van der Waals surface area contributed by atoms with E-state index < -0.39 is 5.97 Å². The third-order valence-electron chi connectivity index (χ3n) is 2.58. The molecule has 0 saturated heterocycles. The van der Waals surface area contributed by atoms with E-state index in [9.17, 15) is 4.79 Å². The summed E-state index contributed by atoms with van der Waals surface area (Å²) in [7, 11) is 0. The molecule has 0 atom stereocenters. The summed E-state index contributed by atoms with van der Waals surface area (Å²) < 4.78 is 1.91. The zero-order valence-electron chi connectivity index (χ0n) is 10.3. The van der Waals surface area contributed by atoms with E-state index in [1.807, 2.05) is 35.8 Å². The van der Waals surface area contributed by atoms with Gasteiger partial charge in [-0.05, 0) is 18.6 Å². The van der Waals surface area contributed by atoms with Gasteiger partial charge >= 0.3 is 5.97 Å². The SMILES string of the molecule is CCc1cnc(SCC(=O)O)n1-c1ccccc1Cl. The molecule has 0 bridgehead atoms. The fourth-order valence-corrected chi connectivity index (χ4v) is 2.68. The summed E-state index contributed by atoms with van der Waals surface area (Å²) >= 11 is 7.39. The minimum Gasteiger partial charge on any atom is -0.481 e. The largest absolute Gasteiger partial charge is 0.481 e.